The number of amides is 2. The fraction of sp³-hybridized carbons (Fsp3) is 0.519. The van der Waals surface area contributed by atoms with Crippen LogP contribution in [-0.2, 0) is 11.2 Å². The van der Waals surface area contributed by atoms with Crippen molar-refractivity contribution in [2.45, 2.75) is 83.5 Å². The molecule has 2 rings (SSSR count). The van der Waals surface area contributed by atoms with Crippen molar-refractivity contribution >= 4 is 24.7 Å². The van der Waals surface area contributed by atoms with Crippen LogP contribution in [0, 0.1) is 0 Å². The zero-order valence-electron chi connectivity index (χ0n) is 21.3. The van der Waals surface area contributed by atoms with Gasteiger partial charge < -0.3 is 25.7 Å². The molecule has 0 radical (unpaired) electrons. The highest BCUT2D eigenvalue weighted by molar-refractivity contribution is 6.43. The van der Waals surface area contributed by atoms with E-state index in [1.807, 2.05) is 30.3 Å². The van der Waals surface area contributed by atoms with Crippen LogP contribution in [0.4, 0.5) is 0 Å². The lowest BCUT2D eigenvalue weighted by atomic mass is 9.76. The summed E-state index contributed by atoms with van der Waals surface area (Å²) in [7, 11) is -1.74. The van der Waals surface area contributed by atoms with Crippen molar-refractivity contribution in [2.24, 2.45) is 0 Å². The first-order valence-corrected chi connectivity index (χ1v) is 13.1. The molecule has 8 nitrogen and oxygen atoms in total. The van der Waals surface area contributed by atoms with E-state index in [1.54, 1.807) is 6.07 Å². The van der Waals surface area contributed by atoms with Gasteiger partial charge in [-0.25, -0.2) is 0 Å². The molecule has 196 valence electrons. The van der Waals surface area contributed by atoms with Crippen LogP contribution >= 0.6 is 0 Å². The molecule has 0 spiro atoms. The first-order chi connectivity index (χ1) is 17.4. The highest BCUT2D eigenvalue weighted by Gasteiger charge is 2.25. The molecule has 9 heteroatoms. The van der Waals surface area contributed by atoms with Crippen LogP contribution in [0.3, 0.4) is 0 Å². The van der Waals surface area contributed by atoms with Gasteiger partial charge in [0, 0.05) is 6.42 Å². The maximum atomic E-state index is 12.4. The van der Waals surface area contributed by atoms with Crippen molar-refractivity contribution in [3.05, 3.63) is 59.4 Å². The van der Waals surface area contributed by atoms with Gasteiger partial charge in [-0.1, -0.05) is 88.6 Å². The van der Waals surface area contributed by atoms with Gasteiger partial charge >= 0.3 is 7.12 Å². The Morgan fingerprint density at radius 3 is 2.11 bits per heavy atom. The number of nitrogens with one attached hydrogen (secondary N) is 3. The van der Waals surface area contributed by atoms with Gasteiger partial charge in [-0.15, -0.1) is 0 Å². The summed E-state index contributed by atoms with van der Waals surface area (Å²) in [5, 5.41) is 24.2. The van der Waals surface area contributed by atoms with Gasteiger partial charge in [-0.05, 0) is 30.5 Å². The lowest BCUT2D eigenvalue weighted by molar-refractivity contribution is -0.120. The number of H-pyrrole nitrogens is 1. The van der Waals surface area contributed by atoms with Crippen LogP contribution in [0.25, 0.3) is 0 Å². The third-order valence-electron chi connectivity index (χ3n) is 6.15. The lowest BCUT2D eigenvalue weighted by Gasteiger charge is -2.18. The number of unbranched alkanes of at least 4 members (excludes halogenated alkanes) is 8. The monoisotopic (exact) mass is 497 g/mol. The molecule has 5 N–H and O–H groups in total. The Bertz CT molecular complexity index is 933. The zero-order valence-corrected chi connectivity index (χ0v) is 21.3. The van der Waals surface area contributed by atoms with Crippen molar-refractivity contribution in [1.82, 2.24) is 15.6 Å². The van der Waals surface area contributed by atoms with E-state index in [0.717, 1.165) is 24.8 Å². The number of aromatic amines is 1. The zero-order chi connectivity index (χ0) is 26.2. The van der Waals surface area contributed by atoms with Crippen molar-refractivity contribution in [3.63, 3.8) is 0 Å². The van der Waals surface area contributed by atoms with Crippen LogP contribution in [0.15, 0.2) is 42.5 Å². The van der Waals surface area contributed by atoms with E-state index in [1.165, 1.54) is 44.6 Å². The molecule has 1 unspecified atom stereocenters. The molecule has 0 aliphatic heterocycles. The molecule has 0 saturated heterocycles. The normalized spacial score (nSPS) is 11.6. The van der Waals surface area contributed by atoms with Crippen LogP contribution in [-0.4, -0.2) is 52.2 Å². The second-order valence-electron chi connectivity index (χ2n) is 9.25. The molecule has 2 aromatic rings. The first-order valence-electron chi connectivity index (χ1n) is 13.1. The largest absolute Gasteiger partial charge is 0.475 e. The SMILES string of the molecule is CCCCCCCCCCCC(=O)c1ccc(C(=O)NCC(=O)NC(Cc2ccccc2)B(O)O)[nH]1. The number of carbonyl (C=O) groups excluding carboxylic acids is 3. The van der Waals surface area contributed by atoms with Gasteiger partial charge in [0.25, 0.3) is 5.91 Å². The molecule has 0 fully saturated rings. The van der Waals surface area contributed by atoms with Crippen molar-refractivity contribution < 1.29 is 24.4 Å². The van der Waals surface area contributed by atoms with Crippen LogP contribution < -0.4 is 10.6 Å². The fourth-order valence-electron chi connectivity index (χ4n) is 4.03. The van der Waals surface area contributed by atoms with Gasteiger partial charge in [-0.3, -0.25) is 14.4 Å². The van der Waals surface area contributed by atoms with Crippen molar-refractivity contribution in [2.75, 3.05) is 6.54 Å². The predicted octanol–water partition coefficient (Wildman–Crippen LogP) is 3.59. The summed E-state index contributed by atoms with van der Waals surface area (Å²) in [6.45, 7) is 1.88. The molecule has 1 aromatic heterocycles. The van der Waals surface area contributed by atoms with E-state index >= 15 is 0 Å². The molecule has 1 atom stereocenters. The number of aromatic nitrogens is 1. The van der Waals surface area contributed by atoms with E-state index in [2.05, 4.69) is 22.5 Å². The highest BCUT2D eigenvalue weighted by Crippen LogP contribution is 2.13. The number of Topliss-reactive ketones (excluding diaryl/α,β-unsaturated/α-hetero) is 1. The molecule has 1 aromatic carbocycles. The van der Waals surface area contributed by atoms with E-state index in [9.17, 15) is 24.4 Å². The Morgan fingerprint density at radius 2 is 1.47 bits per heavy atom. The Labute approximate surface area is 214 Å². The minimum Gasteiger partial charge on any atom is -0.426 e. The lowest BCUT2D eigenvalue weighted by Crippen LogP contribution is -2.50. The number of hydrogen-bond acceptors (Lipinski definition) is 5. The summed E-state index contributed by atoms with van der Waals surface area (Å²) >= 11 is 0. The minimum atomic E-state index is -1.74. The van der Waals surface area contributed by atoms with E-state index in [-0.39, 0.29) is 24.4 Å². The molecule has 0 saturated carbocycles. The molecule has 36 heavy (non-hydrogen) atoms. The second-order valence-corrected chi connectivity index (χ2v) is 9.25. The van der Waals surface area contributed by atoms with Crippen molar-refractivity contribution in [1.29, 1.82) is 0 Å². The molecule has 0 aliphatic rings. The minimum absolute atomic E-state index is 0.0320. The Morgan fingerprint density at radius 1 is 0.861 bits per heavy atom. The third kappa shape index (κ3) is 11.2. The summed E-state index contributed by atoms with van der Waals surface area (Å²) in [5.74, 6) is -2.01. The summed E-state index contributed by atoms with van der Waals surface area (Å²) < 4.78 is 0. The number of carbonyl (C=O) groups is 3. The van der Waals surface area contributed by atoms with Crippen LogP contribution in [0.5, 0.6) is 0 Å². The summed E-state index contributed by atoms with van der Waals surface area (Å²) in [5.41, 5.74) is 1.42. The standard InChI is InChI=1S/C27H40BN3O5/c1-2-3-4-5-6-7-8-9-13-16-24(32)22-17-18-23(30-22)27(34)29-20-26(33)31-25(28(35)36)19-21-14-11-10-12-15-21/h10-12,14-15,17-18,25,30,35-36H,2-9,13,16,19-20H2,1H3,(H,29,34)(H,31,33). The number of benzene rings is 1. The van der Waals surface area contributed by atoms with Crippen molar-refractivity contribution in [3.8, 4) is 0 Å². The van der Waals surface area contributed by atoms with Gasteiger partial charge in [-0.2, -0.15) is 0 Å². The Hall–Kier alpha value is -2.91. The molecule has 0 aliphatic carbocycles. The molecular weight excluding hydrogens is 457 g/mol. The molecule has 0 bridgehead atoms. The smallest absolute Gasteiger partial charge is 0.426 e. The summed E-state index contributed by atoms with van der Waals surface area (Å²) in [6.07, 6.45) is 11.3. The number of ketones is 1. The molecule has 2 amide bonds. The van der Waals surface area contributed by atoms with Gasteiger partial charge in [0.15, 0.2) is 5.78 Å². The Balaban J connectivity index is 1.68. The highest BCUT2D eigenvalue weighted by atomic mass is 16.4. The number of hydrogen-bond donors (Lipinski definition) is 5. The third-order valence-corrected chi connectivity index (χ3v) is 6.15. The topological polar surface area (TPSA) is 132 Å². The van der Waals surface area contributed by atoms with Crippen LogP contribution in [0.2, 0.25) is 0 Å². The van der Waals surface area contributed by atoms with E-state index < -0.39 is 24.9 Å². The summed E-state index contributed by atoms with van der Waals surface area (Å²) in [4.78, 5) is 39.9. The first kappa shape index (κ1) is 29.3. The van der Waals surface area contributed by atoms with Gasteiger partial charge in [0.2, 0.25) is 5.91 Å². The van der Waals surface area contributed by atoms with Crippen LogP contribution in [0.1, 0.15) is 97.7 Å². The quantitative estimate of drug-likeness (QED) is 0.122. The predicted molar refractivity (Wildman–Crippen MR) is 142 cm³/mol. The Kier molecular flexibility index (Phi) is 13.6. The average Bonchev–Trinajstić information content (AvgIpc) is 3.37. The average molecular weight is 497 g/mol. The van der Waals surface area contributed by atoms with E-state index in [0.29, 0.717) is 12.1 Å². The fourth-order valence-corrected chi connectivity index (χ4v) is 4.03. The number of rotatable bonds is 18. The second kappa shape index (κ2) is 16.7. The molecular formula is C27H40BN3O5. The van der Waals surface area contributed by atoms with Gasteiger partial charge in [0.05, 0.1) is 18.2 Å². The van der Waals surface area contributed by atoms with Gasteiger partial charge in [0.1, 0.15) is 5.69 Å². The molecule has 1 heterocycles. The maximum Gasteiger partial charge on any atom is 0.475 e. The summed E-state index contributed by atoms with van der Waals surface area (Å²) in [6, 6.07) is 12.2. The maximum absolute atomic E-state index is 12.4. The van der Waals surface area contributed by atoms with E-state index in [4.69, 9.17) is 0 Å².